The van der Waals surface area contributed by atoms with Gasteiger partial charge in [0, 0.05) is 6.42 Å². The molecule has 0 saturated heterocycles. The van der Waals surface area contributed by atoms with E-state index < -0.39 is 5.97 Å². The molecule has 0 amide bonds. The molecule has 0 aliphatic rings. The second-order valence-corrected chi connectivity index (χ2v) is 8.22. The zero-order chi connectivity index (χ0) is 20.8. The molecule has 28 heavy (non-hydrogen) atoms. The van der Waals surface area contributed by atoms with E-state index in [9.17, 15) is 0 Å². The van der Waals surface area contributed by atoms with Gasteiger partial charge in [-0.05, 0) is 25.7 Å². The SMILES string of the molecule is CCCCCCCOC(CCC)(OCCCCCCC)OCCCCCCC. The molecule has 0 aromatic rings. The summed E-state index contributed by atoms with van der Waals surface area (Å²) in [5, 5.41) is 0. The maximum absolute atomic E-state index is 6.26. The Hall–Kier alpha value is -0.120. The number of hydrogen-bond donors (Lipinski definition) is 0. The zero-order valence-electron chi connectivity index (χ0n) is 19.9. The molecule has 0 spiro atoms. The van der Waals surface area contributed by atoms with Crippen molar-refractivity contribution >= 4 is 0 Å². The highest BCUT2D eigenvalue weighted by Crippen LogP contribution is 2.24. The first kappa shape index (κ1) is 27.9. The van der Waals surface area contributed by atoms with E-state index in [-0.39, 0.29) is 0 Å². The molecule has 3 nitrogen and oxygen atoms in total. The molecule has 0 fully saturated rings. The lowest BCUT2D eigenvalue weighted by atomic mass is 10.1. The molecule has 170 valence electrons. The van der Waals surface area contributed by atoms with E-state index in [1.54, 1.807) is 0 Å². The third-order valence-electron chi connectivity index (χ3n) is 5.27. The lowest BCUT2D eigenvalue weighted by Gasteiger charge is -2.33. The van der Waals surface area contributed by atoms with Gasteiger partial charge >= 0.3 is 0 Å². The largest absolute Gasteiger partial charge is 0.327 e. The van der Waals surface area contributed by atoms with Crippen molar-refractivity contribution in [3.63, 3.8) is 0 Å². The Bertz CT molecular complexity index is 253. The molecular weight excluding hydrogens is 348 g/mol. The zero-order valence-corrected chi connectivity index (χ0v) is 19.9. The monoisotopic (exact) mass is 400 g/mol. The van der Waals surface area contributed by atoms with Gasteiger partial charge in [0.2, 0.25) is 0 Å². The smallest absolute Gasteiger partial charge is 0.282 e. The average Bonchev–Trinajstić information content (AvgIpc) is 2.70. The number of hydrogen-bond acceptors (Lipinski definition) is 3. The van der Waals surface area contributed by atoms with Crippen molar-refractivity contribution in [1.29, 1.82) is 0 Å². The van der Waals surface area contributed by atoms with Gasteiger partial charge in [0.1, 0.15) is 0 Å². The summed E-state index contributed by atoms with van der Waals surface area (Å²) >= 11 is 0. The van der Waals surface area contributed by atoms with Gasteiger partial charge in [-0.1, -0.05) is 105 Å². The summed E-state index contributed by atoms with van der Waals surface area (Å²) < 4.78 is 18.8. The van der Waals surface area contributed by atoms with Crippen molar-refractivity contribution in [2.24, 2.45) is 0 Å². The fourth-order valence-corrected chi connectivity index (χ4v) is 3.45. The van der Waals surface area contributed by atoms with E-state index in [1.807, 2.05) is 0 Å². The molecule has 0 heterocycles. The molecule has 0 aliphatic carbocycles. The Morgan fingerprint density at radius 1 is 0.393 bits per heavy atom. The van der Waals surface area contributed by atoms with Gasteiger partial charge in [-0.3, -0.25) is 0 Å². The second kappa shape index (κ2) is 21.6. The summed E-state index contributed by atoms with van der Waals surface area (Å²) in [4.78, 5) is 0. The van der Waals surface area contributed by atoms with Crippen molar-refractivity contribution in [1.82, 2.24) is 0 Å². The summed E-state index contributed by atoms with van der Waals surface area (Å²) in [7, 11) is 0. The van der Waals surface area contributed by atoms with E-state index in [4.69, 9.17) is 14.2 Å². The first-order valence-corrected chi connectivity index (χ1v) is 12.7. The summed E-state index contributed by atoms with van der Waals surface area (Å²) in [6, 6.07) is 0. The summed E-state index contributed by atoms with van der Waals surface area (Å²) in [5.74, 6) is -0.810. The van der Waals surface area contributed by atoms with Crippen LogP contribution in [0.25, 0.3) is 0 Å². The van der Waals surface area contributed by atoms with Crippen LogP contribution in [-0.2, 0) is 14.2 Å². The Morgan fingerprint density at radius 2 is 0.714 bits per heavy atom. The van der Waals surface area contributed by atoms with Crippen LogP contribution in [0.4, 0.5) is 0 Å². The average molecular weight is 401 g/mol. The topological polar surface area (TPSA) is 27.7 Å². The van der Waals surface area contributed by atoms with Gasteiger partial charge in [0.05, 0.1) is 19.8 Å². The highest BCUT2D eigenvalue weighted by atomic mass is 16.9. The Kier molecular flexibility index (Phi) is 21.5. The van der Waals surface area contributed by atoms with Crippen LogP contribution < -0.4 is 0 Å². The fraction of sp³-hybridized carbons (Fsp3) is 1.00. The van der Waals surface area contributed by atoms with Gasteiger partial charge in [-0.15, -0.1) is 0 Å². The standard InChI is InChI=1S/C25H52O3/c1-5-9-12-15-18-22-26-25(21-8-4,27-23-19-16-13-10-6-2)28-24-20-17-14-11-7-3/h5-24H2,1-4H3. The summed E-state index contributed by atoms with van der Waals surface area (Å²) in [5.41, 5.74) is 0. The van der Waals surface area contributed by atoms with E-state index in [0.29, 0.717) is 0 Å². The van der Waals surface area contributed by atoms with Crippen molar-refractivity contribution in [2.75, 3.05) is 19.8 Å². The first-order chi connectivity index (χ1) is 13.7. The fourth-order valence-electron chi connectivity index (χ4n) is 3.45. The number of rotatable bonds is 23. The van der Waals surface area contributed by atoms with Gasteiger partial charge in [-0.25, -0.2) is 0 Å². The van der Waals surface area contributed by atoms with Crippen LogP contribution in [0.15, 0.2) is 0 Å². The molecule has 0 N–H and O–H groups in total. The van der Waals surface area contributed by atoms with Crippen LogP contribution in [0.5, 0.6) is 0 Å². The van der Waals surface area contributed by atoms with E-state index in [2.05, 4.69) is 27.7 Å². The Balaban J connectivity index is 4.39. The minimum absolute atomic E-state index is 0.745. The predicted molar refractivity (Wildman–Crippen MR) is 122 cm³/mol. The lowest BCUT2D eigenvalue weighted by molar-refractivity contribution is -0.384. The van der Waals surface area contributed by atoms with E-state index in [0.717, 1.165) is 51.9 Å². The third kappa shape index (κ3) is 16.8. The van der Waals surface area contributed by atoms with E-state index in [1.165, 1.54) is 77.0 Å². The molecule has 0 saturated carbocycles. The van der Waals surface area contributed by atoms with Crippen LogP contribution >= 0.6 is 0 Å². The molecule has 0 bridgehead atoms. The Morgan fingerprint density at radius 3 is 1.00 bits per heavy atom. The van der Waals surface area contributed by atoms with E-state index >= 15 is 0 Å². The number of unbranched alkanes of at least 4 members (excludes halogenated alkanes) is 12. The van der Waals surface area contributed by atoms with Crippen molar-refractivity contribution in [3.8, 4) is 0 Å². The minimum Gasteiger partial charge on any atom is -0.327 e. The first-order valence-electron chi connectivity index (χ1n) is 12.7. The van der Waals surface area contributed by atoms with Crippen LogP contribution in [0.3, 0.4) is 0 Å². The quantitative estimate of drug-likeness (QED) is 0.127. The van der Waals surface area contributed by atoms with Gasteiger partial charge in [-0.2, -0.15) is 0 Å². The molecule has 0 unspecified atom stereocenters. The molecule has 0 aromatic heterocycles. The number of ether oxygens (including phenoxy) is 3. The van der Waals surface area contributed by atoms with Crippen molar-refractivity contribution < 1.29 is 14.2 Å². The third-order valence-corrected chi connectivity index (χ3v) is 5.27. The Labute approximate surface area is 177 Å². The molecule has 0 rings (SSSR count). The predicted octanol–water partition coefficient (Wildman–Crippen LogP) is 8.40. The van der Waals surface area contributed by atoms with Crippen molar-refractivity contribution in [2.45, 2.75) is 143 Å². The molecule has 3 heteroatoms. The van der Waals surface area contributed by atoms with Crippen LogP contribution in [0.1, 0.15) is 137 Å². The summed E-state index contributed by atoms with van der Waals surface area (Å²) in [6.07, 6.45) is 20.6. The van der Waals surface area contributed by atoms with Gasteiger partial charge in [0.15, 0.2) is 0 Å². The molecular formula is C25H52O3. The maximum Gasteiger partial charge on any atom is 0.282 e. The van der Waals surface area contributed by atoms with Gasteiger partial charge < -0.3 is 14.2 Å². The normalized spacial score (nSPS) is 12.0. The molecule has 0 radical (unpaired) electrons. The van der Waals surface area contributed by atoms with Crippen LogP contribution in [-0.4, -0.2) is 25.8 Å². The molecule has 0 aromatic carbocycles. The lowest BCUT2D eigenvalue weighted by Crippen LogP contribution is -2.40. The van der Waals surface area contributed by atoms with Gasteiger partial charge in [0.25, 0.3) is 5.97 Å². The second-order valence-electron chi connectivity index (χ2n) is 8.22. The maximum atomic E-state index is 6.26. The van der Waals surface area contributed by atoms with Crippen LogP contribution in [0, 0.1) is 0 Å². The summed E-state index contributed by atoms with van der Waals surface area (Å²) in [6.45, 7) is 11.2. The molecule has 0 aliphatic heterocycles. The highest BCUT2D eigenvalue weighted by molar-refractivity contribution is 4.60. The minimum atomic E-state index is -0.810. The van der Waals surface area contributed by atoms with Crippen molar-refractivity contribution in [3.05, 3.63) is 0 Å². The highest BCUT2D eigenvalue weighted by Gasteiger charge is 2.32. The van der Waals surface area contributed by atoms with Crippen LogP contribution in [0.2, 0.25) is 0 Å². The molecule has 0 atom stereocenters.